The highest BCUT2D eigenvalue weighted by atomic mass is 19.4. The van der Waals surface area contributed by atoms with Crippen LogP contribution in [0.2, 0.25) is 0 Å². The standard InChI is InChI=1S/C19H24F3N3O/c1-12(2)17-15(18(26)13-6-4-3-5-7-13)11-25(24-17)16-9-8-14(10-23-16)19(20,21)22/h8-13,18,26H,3-7H2,1-2H3. The normalized spacial score (nSPS) is 17.7. The van der Waals surface area contributed by atoms with Crippen LogP contribution < -0.4 is 0 Å². The third kappa shape index (κ3) is 3.92. The van der Waals surface area contributed by atoms with Gasteiger partial charge in [-0.15, -0.1) is 0 Å². The van der Waals surface area contributed by atoms with Crippen LogP contribution in [0.15, 0.2) is 24.5 Å². The number of aliphatic hydroxyl groups excluding tert-OH is 1. The van der Waals surface area contributed by atoms with E-state index in [-0.39, 0.29) is 11.8 Å². The van der Waals surface area contributed by atoms with Gasteiger partial charge in [0.2, 0.25) is 0 Å². The molecule has 1 atom stereocenters. The Morgan fingerprint density at radius 1 is 1.15 bits per heavy atom. The average Bonchev–Trinajstić information content (AvgIpc) is 3.07. The molecule has 142 valence electrons. The Labute approximate surface area is 151 Å². The quantitative estimate of drug-likeness (QED) is 0.825. The maximum absolute atomic E-state index is 12.7. The molecule has 1 N–H and O–H groups in total. The summed E-state index contributed by atoms with van der Waals surface area (Å²) in [5.74, 6) is 0.611. The zero-order chi connectivity index (χ0) is 18.9. The van der Waals surface area contributed by atoms with Gasteiger partial charge in [0.25, 0.3) is 0 Å². The fourth-order valence-corrected chi connectivity index (χ4v) is 3.59. The minimum Gasteiger partial charge on any atom is -0.388 e. The lowest BCUT2D eigenvalue weighted by Crippen LogP contribution is -2.17. The molecule has 0 saturated heterocycles. The summed E-state index contributed by atoms with van der Waals surface area (Å²) in [7, 11) is 0. The van der Waals surface area contributed by atoms with Crippen LogP contribution in [0, 0.1) is 5.92 Å². The predicted molar refractivity (Wildman–Crippen MR) is 92.0 cm³/mol. The lowest BCUT2D eigenvalue weighted by Gasteiger charge is -2.26. The summed E-state index contributed by atoms with van der Waals surface area (Å²) < 4.78 is 39.6. The molecular formula is C19H24F3N3O. The maximum Gasteiger partial charge on any atom is 0.417 e. The van der Waals surface area contributed by atoms with E-state index in [1.165, 1.54) is 17.2 Å². The second-order valence-corrected chi connectivity index (χ2v) is 7.31. The zero-order valence-corrected chi connectivity index (χ0v) is 15.0. The lowest BCUT2D eigenvalue weighted by molar-refractivity contribution is -0.137. The number of hydrogen-bond acceptors (Lipinski definition) is 3. The van der Waals surface area contributed by atoms with E-state index in [4.69, 9.17) is 0 Å². The van der Waals surface area contributed by atoms with Crippen LogP contribution in [0.4, 0.5) is 13.2 Å². The van der Waals surface area contributed by atoms with Crippen LogP contribution in [-0.4, -0.2) is 19.9 Å². The number of alkyl halides is 3. The van der Waals surface area contributed by atoms with Crippen molar-refractivity contribution in [2.75, 3.05) is 0 Å². The molecule has 0 aliphatic heterocycles. The van der Waals surface area contributed by atoms with Crippen LogP contribution in [-0.2, 0) is 6.18 Å². The van der Waals surface area contributed by atoms with E-state index in [1.807, 2.05) is 13.8 Å². The van der Waals surface area contributed by atoms with Crippen molar-refractivity contribution in [1.82, 2.24) is 14.8 Å². The van der Waals surface area contributed by atoms with Crippen LogP contribution in [0.1, 0.15) is 74.8 Å². The fraction of sp³-hybridized carbons (Fsp3) is 0.579. The van der Waals surface area contributed by atoms with Crippen molar-refractivity contribution in [2.24, 2.45) is 5.92 Å². The topological polar surface area (TPSA) is 50.9 Å². The number of pyridine rings is 1. The predicted octanol–water partition coefficient (Wildman–Crippen LogP) is 5.02. The molecule has 2 heterocycles. The van der Waals surface area contributed by atoms with Gasteiger partial charge in [-0.2, -0.15) is 18.3 Å². The summed E-state index contributed by atoms with van der Waals surface area (Å²) in [6.45, 7) is 3.98. The van der Waals surface area contributed by atoms with Crippen molar-refractivity contribution in [3.05, 3.63) is 41.3 Å². The monoisotopic (exact) mass is 367 g/mol. The molecule has 0 aromatic carbocycles. The molecule has 0 radical (unpaired) electrons. The van der Waals surface area contributed by atoms with E-state index < -0.39 is 17.8 Å². The molecule has 7 heteroatoms. The molecule has 2 aromatic rings. The number of aliphatic hydroxyl groups is 1. The highest BCUT2D eigenvalue weighted by Crippen LogP contribution is 2.37. The van der Waals surface area contributed by atoms with Crippen molar-refractivity contribution in [3.8, 4) is 5.82 Å². The van der Waals surface area contributed by atoms with E-state index >= 15 is 0 Å². The summed E-state index contributed by atoms with van der Waals surface area (Å²) in [6.07, 6.45) is 2.92. The van der Waals surface area contributed by atoms with Crippen molar-refractivity contribution in [1.29, 1.82) is 0 Å². The van der Waals surface area contributed by atoms with Crippen molar-refractivity contribution in [3.63, 3.8) is 0 Å². The third-order valence-corrected chi connectivity index (χ3v) is 5.04. The molecule has 1 saturated carbocycles. The Morgan fingerprint density at radius 2 is 1.85 bits per heavy atom. The van der Waals surface area contributed by atoms with Crippen LogP contribution in [0.25, 0.3) is 5.82 Å². The van der Waals surface area contributed by atoms with Crippen LogP contribution >= 0.6 is 0 Å². The van der Waals surface area contributed by atoms with Gasteiger partial charge in [0.1, 0.15) is 0 Å². The molecule has 0 bridgehead atoms. The van der Waals surface area contributed by atoms with Crippen molar-refractivity contribution < 1.29 is 18.3 Å². The first-order chi connectivity index (χ1) is 12.3. The Bertz CT molecular complexity index is 731. The summed E-state index contributed by atoms with van der Waals surface area (Å²) in [5, 5.41) is 15.4. The highest BCUT2D eigenvalue weighted by molar-refractivity contribution is 5.31. The molecule has 0 spiro atoms. The molecule has 2 aromatic heterocycles. The van der Waals surface area contributed by atoms with Gasteiger partial charge in [-0.05, 0) is 36.8 Å². The molecule has 1 unspecified atom stereocenters. The second-order valence-electron chi connectivity index (χ2n) is 7.31. The number of halogens is 3. The van der Waals surface area contributed by atoms with Gasteiger partial charge >= 0.3 is 6.18 Å². The van der Waals surface area contributed by atoms with Crippen LogP contribution in [0.5, 0.6) is 0 Å². The smallest absolute Gasteiger partial charge is 0.388 e. The number of hydrogen-bond donors (Lipinski definition) is 1. The van der Waals surface area contributed by atoms with E-state index in [1.54, 1.807) is 6.20 Å². The van der Waals surface area contributed by atoms with Crippen LogP contribution in [0.3, 0.4) is 0 Å². The Balaban J connectivity index is 1.91. The first-order valence-corrected chi connectivity index (χ1v) is 9.08. The van der Waals surface area contributed by atoms with Crippen molar-refractivity contribution in [2.45, 2.75) is 64.1 Å². The Hall–Kier alpha value is -1.89. The van der Waals surface area contributed by atoms with Gasteiger partial charge in [0.05, 0.1) is 17.4 Å². The van der Waals surface area contributed by atoms with E-state index in [0.29, 0.717) is 5.82 Å². The fourth-order valence-electron chi connectivity index (χ4n) is 3.59. The largest absolute Gasteiger partial charge is 0.417 e. The molecule has 3 rings (SSSR count). The number of nitrogens with zero attached hydrogens (tertiary/aromatic N) is 3. The SMILES string of the molecule is CC(C)c1nn(-c2ccc(C(F)(F)F)cn2)cc1C(O)C1CCCCC1. The van der Waals surface area contributed by atoms with Gasteiger partial charge < -0.3 is 5.11 Å². The molecule has 1 aliphatic rings. The van der Waals surface area contributed by atoms with Gasteiger partial charge in [0.15, 0.2) is 5.82 Å². The summed E-state index contributed by atoms with van der Waals surface area (Å²) in [6, 6.07) is 2.30. The minimum absolute atomic E-state index is 0.0962. The van der Waals surface area contributed by atoms with Gasteiger partial charge in [-0.25, -0.2) is 9.67 Å². The lowest BCUT2D eigenvalue weighted by atomic mass is 9.82. The zero-order valence-electron chi connectivity index (χ0n) is 15.0. The van der Waals surface area contributed by atoms with Gasteiger partial charge in [-0.1, -0.05) is 33.1 Å². The van der Waals surface area contributed by atoms with Gasteiger partial charge in [-0.3, -0.25) is 0 Å². The maximum atomic E-state index is 12.7. The first-order valence-electron chi connectivity index (χ1n) is 9.08. The van der Waals surface area contributed by atoms with Crippen molar-refractivity contribution >= 4 is 0 Å². The average molecular weight is 367 g/mol. The highest BCUT2D eigenvalue weighted by Gasteiger charge is 2.31. The summed E-state index contributed by atoms with van der Waals surface area (Å²) >= 11 is 0. The number of rotatable bonds is 4. The van der Waals surface area contributed by atoms with E-state index in [9.17, 15) is 18.3 Å². The van der Waals surface area contributed by atoms with E-state index in [2.05, 4.69) is 10.1 Å². The number of aromatic nitrogens is 3. The first kappa shape index (κ1) is 18.9. The Kier molecular flexibility index (Phi) is 5.37. The second kappa shape index (κ2) is 7.39. The van der Waals surface area contributed by atoms with Gasteiger partial charge in [0, 0.05) is 18.0 Å². The van der Waals surface area contributed by atoms with E-state index in [0.717, 1.165) is 49.2 Å². The Morgan fingerprint density at radius 3 is 2.38 bits per heavy atom. The molecule has 26 heavy (non-hydrogen) atoms. The molecule has 4 nitrogen and oxygen atoms in total. The third-order valence-electron chi connectivity index (χ3n) is 5.04. The molecule has 1 aliphatic carbocycles. The molecular weight excluding hydrogens is 343 g/mol. The molecule has 0 amide bonds. The minimum atomic E-state index is -4.42. The molecule has 1 fully saturated rings. The summed E-state index contributed by atoms with van der Waals surface area (Å²) in [5.41, 5.74) is 0.735. The summed E-state index contributed by atoms with van der Waals surface area (Å²) in [4.78, 5) is 3.90.